The lowest BCUT2D eigenvalue weighted by molar-refractivity contribution is -0.111. The Labute approximate surface area is 135 Å². The van der Waals surface area contributed by atoms with E-state index in [0.717, 1.165) is 11.3 Å². The predicted molar refractivity (Wildman–Crippen MR) is 91.4 cm³/mol. The zero-order valence-corrected chi connectivity index (χ0v) is 12.8. The second kappa shape index (κ2) is 8.30. The number of methoxy groups -OCH3 is 1. The lowest BCUT2D eigenvalue weighted by atomic mass is 10.1. The van der Waals surface area contributed by atoms with Crippen LogP contribution in [-0.2, 0) is 4.79 Å². The first-order valence-corrected chi connectivity index (χ1v) is 7.01. The largest absolute Gasteiger partial charge is 0.496 e. The molecule has 23 heavy (non-hydrogen) atoms. The molecule has 0 bridgehead atoms. The molecule has 0 aromatic heterocycles. The molecule has 1 amide bonds. The lowest BCUT2D eigenvalue weighted by Gasteiger charge is -2.08. The number of hydrogen-bond donors (Lipinski definition) is 1. The topological polar surface area (TPSA) is 47.6 Å². The summed E-state index contributed by atoms with van der Waals surface area (Å²) in [6.45, 7) is 0.192. The molecule has 0 unspecified atom stereocenters. The van der Waals surface area contributed by atoms with Gasteiger partial charge in [0, 0.05) is 23.4 Å². The van der Waals surface area contributed by atoms with Gasteiger partial charge < -0.3 is 14.8 Å². The van der Waals surface area contributed by atoms with Crippen LogP contribution in [-0.4, -0.2) is 19.6 Å². The highest BCUT2D eigenvalue weighted by atomic mass is 16.5. The van der Waals surface area contributed by atoms with Crippen molar-refractivity contribution in [2.45, 2.75) is 0 Å². The Morgan fingerprint density at radius 2 is 2.04 bits per heavy atom. The number of ether oxygens (including phenoxy) is 2. The van der Waals surface area contributed by atoms with Crippen molar-refractivity contribution in [3.63, 3.8) is 0 Å². The van der Waals surface area contributed by atoms with Gasteiger partial charge in [0.15, 0.2) is 0 Å². The highest BCUT2D eigenvalue weighted by Crippen LogP contribution is 2.25. The summed E-state index contributed by atoms with van der Waals surface area (Å²) >= 11 is 0. The zero-order chi connectivity index (χ0) is 16.5. The highest BCUT2D eigenvalue weighted by molar-refractivity contribution is 6.02. The third-order valence-electron chi connectivity index (χ3n) is 2.98. The Hall–Kier alpha value is -3.19. The average Bonchev–Trinajstić information content (AvgIpc) is 2.59. The molecule has 0 heterocycles. The van der Waals surface area contributed by atoms with E-state index in [9.17, 15) is 4.79 Å². The number of carbonyl (C=O) groups excluding carboxylic acids is 1. The van der Waals surface area contributed by atoms with Gasteiger partial charge in [-0.1, -0.05) is 24.1 Å². The number of benzene rings is 2. The molecule has 0 aliphatic carbocycles. The van der Waals surface area contributed by atoms with Gasteiger partial charge in [-0.25, -0.2) is 0 Å². The van der Waals surface area contributed by atoms with E-state index in [4.69, 9.17) is 15.9 Å². The molecule has 0 saturated carbocycles. The fraction of sp³-hybridized carbons (Fsp3) is 0.105. The van der Waals surface area contributed by atoms with Crippen LogP contribution >= 0.6 is 0 Å². The molecule has 0 aliphatic rings. The number of para-hydroxylation sites is 1. The fourth-order valence-electron chi connectivity index (χ4n) is 1.91. The first-order valence-electron chi connectivity index (χ1n) is 7.01. The van der Waals surface area contributed by atoms with Crippen LogP contribution in [0.1, 0.15) is 5.56 Å². The first-order chi connectivity index (χ1) is 11.2. The van der Waals surface area contributed by atoms with E-state index in [-0.39, 0.29) is 12.5 Å². The molecule has 0 atom stereocenters. The van der Waals surface area contributed by atoms with Gasteiger partial charge in [-0.3, -0.25) is 4.79 Å². The van der Waals surface area contributed by atoms with E-state index in [1.165, 1.54) is 6.08 Å². The minimum Gasteiger partial charge on any atom is -0.496 e. The van der Waals surface area contributed by atoms with Crippen LogP contribution in [0.2, 0.25) is 0 Å². The van der Waals surface area contributed by atoms with E-state index in [1.807, 2.05) is 30.3 Å². The molecule has 0 aliphatic heterocycles. The van der Waals surface area contributed by atoms with Crippen LogP contribution in [0.25, 0.3) is 6.08 Å². The van der Waals surface area contributed by atoms with Crippen LogP contribution in [0.3, 0.4) is 0 Å². The average molecular weight is 307 g/mol. The summed E-state index contributed by atoms with van der Waals surface area (Å²) in [6, 6.07) is 14.6. The Bertz CT molecular complexity index is 730. The SMILES string of the molecule is C#CCOc1ccc(/C=C/C(=O)Nc2ccccc2)c(OC)c1. The van der Waals surface area contributed by atoms with E-state index >= 15 is 0 Å². The highest BCUT2D eigenvalue weighted by Gasteiger charge is 2.04. The molecular formula is C19H17NO3. The van der Waals surface area contributed by atoms with Crippen LogP contribution in [0.4, 0.5) is 5.69 Å². The van der Waals surface area contributed by atoms with Gasteiger partial charge in [-0.15, -0.1) is 6.42 Å². The van der Waals surface area contributed by atoms with Gasteiger partial charge in [0.25, 0.3) is 0 Å². The van der Waals surface area contributed by atoms with Gasteiger partial charge >= 0.3 is 0 Å². The van der Waals surface area contributed by atoms with Gasteiger partial charge in [-0.05, 0) is 30.3 Å². The maximum absolute atomic E-state index is 11.9. The maximum atomic E-state index is 11.9. The van der Waals surface area contributed by atoms with Crippen LogP contribution < -0.4 is 14.8 Å². The number of terminal acetylenes is 1. The molecule has 2 aromatic rings. The molecule has 116 valence electrons. The second-order valence-electron chi connectivity index (χ2n) is 4.59. The number of rotatable bonds is 6. The Balaban J connectivity index is 2.06. The quantitative estimate of drug-likeness (QED) is 0.657. The summed E-state index contributed by atoms with van der Waals surface area (Å²) in [5.74, 6) is 3.40. The van der Waals surface area contributed by atoms with Crippen LogP contribution in [0, 0.1) is 12.3 Å². The number of amides is 1. The number of nitrogens with one attached hydrogen (secondary N) is 1. The number of carbonyl (C=O) groups is 1. The summed E-state index contributed by atoms with van der Waals surface area (Å²) in [6.07, 6.45) is 8.29. The standard InChI is InChI=1S/C19H17NO3/c1-3-13-23-17-11-9-15(18(14-17)22-2)10-12-19(21)20-16-7-5-4-6-8-16/h1,4-12,14H,13H2,2H3,(H,20,21)/b12-10+. The monoisotopic (exact) mass is 307 g/mol. The maximum Gasteiger partial charge on any atom is 0.248 e. The van der Waals surface area contributed by atoms with Crippen molar-refractivity contribution >= 4 is 17.7 Å². The Morgan fingerprint density at radius 1 is 1.26 bits per heavy atom. The summed E-state index contributed by atoms with van der Waals surface area (Å²) in [7, 11) is 1.56. The zero-order valence-electron chi connectivity index (χ0n) is 12.8. The molecule has 0 radical (unpaired) electrons. The second-order valence-corrected chi connectivity index (χ2v) is 4.59. The summed E-state index contributed by atoms with van der Waals surface area (Å²) < 4.78 is 10.6. The smallest absolute Gasteiger partial charge is 0.248 e. The molecular weight excluding hydrogens is 290 g/mol. The molecule has 2 aromatic carbocycles. The van der Waals surface area contributed by atoms with Crippen molar-refractivity contribution < 1.29 is 14.3 Å². The van der Waals surface area contributed by atoms with Gasteiger partial charge in [0.05, 0.1) is 7.11 Å². The molecule has 4 nitrogen and oxygen atoms in total. The van der Waals surface area contributed by atoms with Crippen molar-refractivity contribution in [2.75, 3.05) is 19.0 Å². The van der Waals surface area contributed by atoms with Crippen LogP contribution in [0.5, 0.6) is 11.5 Å². The predicted octanol–water partition coefficient (Wildman–Crippen LogP) is 3.36. The first kappa shape index (κ1) is 16.2. The normalized spacial score (nSPS) is 10.1. The molecule has 2 rings (SSSR count). The van der Waals surface area contributed by atoms with Crippen molar-refractivity contribution in [1.82, 2.24) is 0 Å². The number of hydrogen-bond acceptors (Lipinski definition) is 3. The van der Waals surface area contributed by atoms with Crippen LogP contribution in [0.15, 0.2) is 54.6 Å². The third-order valence-corrected chi connectivity index (χ3v) is 2.98. The van der Waals surface area contributed by atoms with Gasteiger partial charge in [-0.2, -0.15) is 0 Å². The molecule has 1 N–H and O–H groups in total. The fourth-order valence-corrected chi connectivity index (χ4v) is 1.91. The number of anilines is 1. The van der Waals surface area contributed by atoms with Gasteiger partial charge in [0.1, 0.15) is 18.1 Å². The van der Waals surface area contributed by atoms with Gasteiger partial charge in [0.2, 0.25) is 5.91 Å². The van der Waals surface area contributed by atoms with E-state index in [1.54, 1.807) is 31.4 Å². The molecule has 4 heteroatoms. The molecule has 0 saturated heterocycles. The summed E-state index contributed by atoms with van der Waals surface area (Å²) in [5.41, 5.74) is 1.51. The van der Waals surface area contributed by atoms with Crippen molar-refractivity contribution in [3.8, 4) is 23.8 Å². The molecule has 0 spiro atoms. The van der Waals surface area contributed by atoms with E-state index < -0.39 is 0 Å². The Kier molecular flexibility index (Phi) is 5.84. The Morgan fingerprint density at radius 3 is 2.74 bits per heavy atom. The summed E-state index contributed by atoms with van der Waals surface area (Å²) in [5, 5.41) is 2.78. The molecule has 0 fully saturated rings. The van der Waals surface area contributed by atoms with E-state index in [2.05, 4.69) is 11.2 Å². The minimum absolute atomic E-state index is 0.192. The third kappa shape index (κ3) is 4.94. The van der Waals surface area contributed by atoms with Crippen molar-refractivity contribution in [2.24, 2.45) is 0 Å². The van der Waals surface area contributed by atoms with Crippen molar-refractivity contribution in [3.05, 3.63) is 60.2 Å². The summed E-state index contributed by atoms with van der Waals surface area (Å²) in [4.78, 5) is 11.9. The lowest BCUT2D eigenvalue weighted by Crippen LogP contribution is -2.07. The van der Waals surface area contributed by atoms with E-state index in [0.29, 0.717) is 11.5 Å². The van der Waals surface area contributed by atoms with Crippen molar-refractivity contribution in [1.29, 1.82) is 0 Å². The minimum atomic E-state index is -0.217.